The second kappa shape index (κ2) is 7.58. The number of hydrogen-bond donors (Lipinski definition) is 1. The van der Waals surface area contributed by atoms with Crippen LogP contribution in [0.4, 0.5) is 0 Å². The molecule has 0 bridgehead atoms. The maximum Gasteiger partial charge on any atom is 0.247 e. The van der Waals surface area contributed by atoms with Crippen LogP contribution in [0.5, 0.6) is 11.5 Å². The van der Waals surface area contributed by atoms with Crippen molar-refractivity contribution in [1.82, 2.24) is 9.62 Å². The standard InChI is InChI=1S/C19H22N2O5S/c1-13-6-4-5-7-15(13)18-19(22)20-10-11-21(18)27(23,24)17-9-8-14(25-2)12-16(17)26-3/h4-9,12,18H,10-11H2,1-3H3,(H,20,22). The first-order valence-corrected chi connectivity index (χ1v) is 9.91. The molecule has 1 aliphatic rings. The highest BCUT2D eigenvalue weighted by Gasteiger charge is 2.41. The molecule has 1 unspecified atom stereocenters. The van der Waals surface area contributed by atoms with E-state index < -0.39 is 16.1 Å². The van der Waals surface area contributed by atoms with Crippen LogP contribution in [0.1, 0.15) is 17.2 Å². The van der Waals surface area contributed by atoms with Crippen molar-refractivity contribution in [2.75, 3.05) is 27.3 Å². The van der Waals surface area contributed by atoms with Crippen molar-refractivity contribution in [3.8, 4) is 11.5 Å². The van der Waals surface area contributed by atoms with Gasteiger partial charge in [0.05, 0.1) is 14.2 Å². The number of carbonyl (C=O) groups is 1. The van der Waals surface area contributed by atoms with Crippen molar-refractivity contribution in [2.24, 2.45) is 0 Å². The highest BCUT2D eigenvalue weighted by molar-refractivity contribution is 7.89. The van der Waals surface area contributed by atoms with Gasteiger partial charge in [0.25, 0.3) is 0 Å². The van der Waals surface area contributed by atoms with Crippen LogP contribution in [0.2, 0.25) is 0 Å². The van der Waals surface area contributed by atoms with Crippen LogP contribution >= 0.6 is 0 Å². The number of nitrogens with zero attached hydrogens (tertiary/aromatic N) is 1. The Kier molecular flexibility index (Phi) is 5.38. The molecule has 0 spiro atoms. The van der Waals surface area contributed by atoms with Crippen molar-refractivity contribution in [2.45, 2.75) is 17.9 Å². The molecule has 144 valence electrons. The number of methoxy groups -OCH3 is 2. The molecule has 0 aromatic heterocycles. The van der Waals surface area contributed by atoms with Gasteiger partial charge in [-0.3, -0.25) is 4.79 Å². The Hall–Kier alpha value is -2.58. The number of piperazine rings is 1. The van der Waals surface area contributed by atoms with Gasteiger partial charge in [0.1, 0.15) is 22.4 Å². The number of ether oxygens (including phenoxy) is 2. The second-order valence-electron chi connectivity index (χ2n) is 6.18. The molecule has 2 aromatic carbocycles. The number of rotatable bonds is 5. The van der Waals surface area contributed by atoms with Crippen LogP contribution < -0.4 is 14.8 Å². The lowest BCUT2D eigenvalue weighted by atomic mass is 9.99. The van der Waals surface area contributed by atoms with E-state index in [-0.39, 0.29) is 29.6 Å². The van der Waals surface area contributed by atoms with E-state index in [4.69, 9.17) is 9.47 Å². The summed E-state index contributed by atoms with van der Waals surface area (Å²) in [5.74, 6) is 0.313. The summed E-state index contributed by atoms with van der Waals surface area (Å²) in [6.45, 7) is 2.27. The predicted octanol–water partition coefficient (Wildman–Crippen LogP) is 1.87. The maximum atomic E-state index is 13.4. The van der Waals surface area contributed by atoms with Crippen LogP contribution in [-0.4, -0.2) is 45.9 Å². The summed E-state index contributed by atoms with van der Waals surface area (Å²) in [5.41, 5.74) is 1.51. The molecule has 0 saturated carbocycles. The van der Waals surface area contributed by atoms with Gasteiger partial charge in [-0.25, -0.2) is 8.42 Å². The van der Waals surface area contributed by atoms with E-state index in [2.05, 4.69) is 5.32 Å². The van der Waals surface area contributed by atoms with Gasteiger partial charge in [0.15, 0.2) is 0 Å². The van der Waals surface area contributed by atoms with Gasteiger partial charge in [0.2, 0.25) is 15.9 Å². The third-order valence-corrected chi connectivity index (χ3v) is 6.51. The number of amides is 1. The minimum atomic E-state index is -3.98. The summed E-state index contributed by atoms with van der Waals surface area (Å²) in [6, 6.07) is 10.9. The van der Waals surface area contributed by atoms with E-state index in [0.717, 1.165) is 5.56 Å². The van der Waals surface area contributed by atoms with Crippen LogP contribution in [-0.2, 0) is 14.8 Å². The van der Waals surface area contributed by atoms with E-state index in [1.54, 1.807) is 18.2 Å². The van der Waals surface area contributed by atoms with Crippen LogP contribution in [0, 0.1) is 6.92 Å². The molecule has 1 heterocycles. The van der Waals surface area contributed by atoms with Gasteiger partial charge in [-0.15, -0.1) is 0 Å². The van der Waals surface area contributed by atoms with Crippen LogP contribution in [0.25, 0.3) is 0 Å². The number of hydrogen-bond acceptors (Lipinski definition) is 5. The summed E-state index contributed by atoms with van der Waals surface area (Å²) < 4.78 is 38.5. The molecule has 1 N–H and O–H groups in total. The summed E-state index contributed by atoms with van der Waals surface area (Å²) >= 11 is 0. The molecule has 27 heavy (non-hydrogen) atoms. The SMILES string of the molecule is COc1ccc(S(=O)(=O)N2CCNC(=O)C2c2ccccc2C)c(OC)c1. The van der Waals surface area contributed by atoms with Crippen molar-refractivity contribution < 1.29 is 22.7 Å². The molecule has 8 heteroatoms. The molecule has 7 nitrogen and oxygen atoms in total. The van der Waals surface area contributed by atoms with E-state index in [0.29, 0.717) is 11.3 Å². The molecule has 1 fully saturated rings. The van der Waals surface area contributed by atoms with Gasteiger partial charge in [-0.05, 0) is 30.2 Å². The first-order valence-electron chi connectivity index (χ1n) is 8.47. The normalized spacial score (nSPS) is 18.0. The Morgan fingerprint density at radius 1 is 1.11 bits per heavy atom. The Bertz CT molecular complexity index is 958. The zero-order valence-corrected chi connectivity index (χ0v) is 16.2. The number of aryl methyl sites for hydroxylation is 1. The van der Waals surface area contributed by atoms with E-state index >= 15 is 0 Å². The van der Waals surface area contributed by atoms with Crippen molar-refractivity contribution in [1.29, 1.82) is 0 Å². The zero-order chi connectivity index (χ0) is 19.6. The van der Waals surface area contributed by atoms with Gasteiger partial charge in [-0.2, -0.15) is 4.31 Å². The summed E-state index contributed by atoms with van der Waals surface area (Å²) in [7, 11) is -1.09. The Labute approximate surface area is 158 Å². The minimum absolute atomic E-state index is 0.000848. The fourth-order valence-corrected chi connectivity index (χ4v) is 4.92. The fraction of sp³-hybridized carbons (Fsp3) is 0.316. The fourth-order valence-electron chi connectivity index (χ4n) is 3.21. The van der Waals surface area contributed by atoms with Crippen LogP contribution in [0.15, 0.2) is 47.4 Å². The molecule has 0 aliphatic carbocycles. The Balaban J connectivity index is 2.12. The molecular weight excluding hydrogens is 368 g/mol. The largest absolute Gasteiger partial charge is 0.497 e. The molecular formula is C19H22N2O5S. The molecule has 1 aliphatic heterocycles. The monoisotopic (exact) mass is 390 g/mol. The van der Waals surface area contributed by atoms with E-state index in [1.165, 1.54) is 30.7 Å². The van der Waals surface area contributed by atoms with Gasteiger partial charge >= 0.3 is 0 Å². The van der Waals surface area contributed by atoms with Crippen molar-refractivity contribution in [3.63, 3.8) is 0 Å². The summed E-state index contributed by atoms with van der Waals surface area (Å²) in [5, 5.41) is 2.76. The highest BCUT2D eigenvalue weighted by atomic mass is 32.2. The number of sulfonamides is 1. The van der Waals surface area contributed by atoms with Crippen molar-refractivity contribution >= 4 is 15.9 Å². The zero-order valence-electron chi connectivity index (χ0n) is 15.4. The molecule has 1 atom stereocenters. The first kappa shape index (κ1) is 19.2. The minimum Gasteiger partial charge on any atom is -0.497 e. The quantitative estimate of drug-likeness (QED) is 0.843. The summed E-state index contributed by atoms with van der Waals surface area (Å²) in [4.78, 5) is 12.6. The third kappa shape index (κ3) is 3.50. The van der Waals surface area contributed by atoms with E-state index in [1.807, 2.05) is 19.1 Å². The molecule has 2 aromatic rings. The maximum absolute atomic E-state index is 13.4. The topological polar surface area (TPSA) is 84.9 Å². The molecule has 0 radical (unpaired) electrons. The van der Waals surface area contributed by atoms with Gasteiger partial charge in [0, 0.05) is 19.2 Å². The van der Waals surface area contributed by atoms with Crippen molar-refractivity contribution in [3.05, 3.63) is 53.6 Å². The first-order chi connectivity index (χ1) is 12.9. The third-order valence-electron chi connectivity index (χ3n) is 4.61. The number of carbonyl (C=O) groups excluding carboxylic acids is 1. The Morgan fingerprint density at radius 2 is 1.85 bits per heavy atom. The molecule has 1 saturated heterocycles. The highest BCUT2D eigenvalue weighted by Crippen LogP contribution is 2.36. The Morgan fingerprint density at radius 3 is 2.52 bits per heavy atom. The summed E-state index contributed by atoms with van der Waals surface area (Å²) in [6.07, 6.45) is 0. The van der Waals surface area contributed by atoms with Gasteiger partial charge < -0.3 is 14.8 Å². The van der Waals surface area contributed by atoms with Gasteiger partial charge in [-0.1, -0.05) is 24.3 Å². The lowest BCUT2D eigenvalue weighted by Crippen LogP contribution is -2.52. The van der Waals surface area contributed by atoms with E-state index in [9.17, 15) is 13.2 Å². The number of benzene rings is 2. The molecule has 3 rings (SSSR count). The average molecular weight is 390 g/mol. The second-order valence-corrected chi connectivity index (χ2v) is 8.04. The lowest BCUT2D eigenvalue weighted by molar-refractivity contribution is -0.126. The number of nitrogens with one attached hydrogen (secondary N) is 1. The molecule has 1 amide bonds. The smallest absolute Gasteiger partial charge is 0.247 e. The predicted molar refractivity (Wildman–Crippen MR) is 100 cm³/mol. The van der Waals surface area contributed by atoms with Crippen LogP contribution in [0.3, 0.4) is 0 Å². The average Bonchev–Trinajstić information content (AvgIpc) is 2.68. The lowest BCUT2D eigenvalue weighted by Gasteiger charge is -2.35.